The van der Waals surface area contributed by atoms with Crippen molar-refractivity contribution in [3.05, 3.63) is 82.2 Å². The summed E-state index contributed by atoms with van der Waals surface area (Å²) in [5, 5.41) is 12.4. The predicted molar refractivity (Wildman–Crippen MR) is 143 cm³/mol. The molecule has 0 saturated carbocycles. The van der Waals surface area contributed by atoms with Crippen LogP contribution in [0.2, 0.25) is 0 Å². The van der Waals surface area contributed by atoms with Crippen LogP contribution in [0.4, 0.5) is 17.1 Å². The number of aromatic nitrogens is 1. The maximum absolute atomic E-state index is 13.1. The highest BCUT2D eigenvalue weighted by atomic mass is 32.2. The van der Waals surface area contributed by atoms with E-state index >= 15 is 0 Å². The van der Waals surface area contributed by atoms with Crippen LogP contribution in [-0.2, 0) is 15.4 Å². The van der Waals surface area contributed by atoms with Crippen LogP contribution >= 0.6 is 34.9 Å². The van der Waals surface area contributed by atoms with E-state index in [1.807, 2.05) is 60.0 Å². The molecule has 2 aromatic heterocycles. The average Bonchev–Trinajstić information content (AvgIpc) is 3.59. The number of pyridine rings is 1. The van der Waals surface area contributed by atoms with Crippen LogP contribution in [0.1, 0.15) is 20.9 Å². The maximum Gasteiger partial charge on any atom is 0.267 e. The topological polar surface area (TPSA) is 83.1 Å². The van der Waals surface area contributed by atoms with Crippen LogP contribution in [0.3, 0.4) is 0 Å². The third-order valence-electron chi connectivity index (χ3n) is 5.86. The van der Waals surface area contributed by atoms with Gasteiger partial charge < -0.3 is 16.0 Å². The number of nitrogens with one attached hydrogen (secondary N) is 3. The predicted octanol–water partition coefficient (Wildman–Crippen LogP) is 5.75. The number of carbonyl (C=O) groups is 2. The zero-order valence-electron chi connectivity index (χ0n) is 18.0. The number of hydrogen-bond donors (Lipinski definition) is 3. The molecule has 2 aliphatic rings. The molecular weight excluding hydrogens is 485 g/mol. The molecule has 0 unspecified atom stereocenters. The fourth-order valence-corrected chi connectivity index (χ4v) is 8.09. The maximum atomic E-state index is 13.1. The number of thioether (sulfide) groups is 2. The van der Waals surface area contributed by atoms with Crippen LogP contribution in [0.5, 0.6) is 0 Å². The molecule has 0 bridgehead atoms. The number of hydrogen-bond acceptors (Lipinski definition) is 7. The summed E-state index contributed by atoms with van der Waals surface area (Å²) < 4.78 is -0.599. The number of para-hydroxylation sites is 1. The van der Waals surface area contributed by atoms with E-state index in [-0.39, 0.29) is 11.8 Å². The monoisotopic (exact) mass is 504 g/mol. The second-order valence-corrected chi connectivity index (χ2v) is 11.8. The minimum atomic E-state index is -0.599. The molecule has 1 fully saturated rings. The van der Waals surface area contributed by atoms with Crippen molar-refractivity contribution < 1.29 is 9.59 Å². The van der Waals surface area contributed by atoms with E-state index in [4.69, 9.17) is 4.98 Å². The van der Waals surface area contributed by atoms with Gasteiger partial charge in [-0.25, -0.2) is 0 Å². The van der Waals surface area contributed by atoms with E-state index in [1.165, 1.54) is 11.3 Å². The average molecular weight is 505 g/mol. The normalized spacial score (nSPS) is 15.9. The Hall–Kier alpha value is -3.01. The number of benzene rings is 2. The SMILES string of the molecule is O=C(Nc1ccc2c(c1)C1(SCCS1)C(=O)N2)c1sccc1NCc1ccc2ccccc2n1. The number of thiophene rings is 1. The molecule has 2 aliphatic heterocycles. The van der Waals surface area contributed by atoms with Gasteiger partial charge in [0.15, 0.2) is 4.08 Å². The van der Waals surface area contributed by atoms with E-state index < -0.39 is 4.08 Å². The lowest BCUT2D eigenvalue weighted by molar-refractivity contribution is -0.116. The minimum absolute atomic E-state index is 0.0190. The van der Waals surface area contributed by atoms with Gasteiger partial charge in [-0.1, -0.05) is 24.3 Å². The highest BCUT2D eigenvalue weighted by Crippen LogP contribution is 2.57. The molecule has 170 valence electrons. The van der Waals surface area contributed by atoms with Crippen molar-refractivity contribution in [2.24, 2.45) is 0 Å². The van der Waals surface area contributed by atoms with E-state index in [2.05, 4.69) is 22.0 Å². The Morgan fingerprint density at radius 3 is 2.79 bits per heavy atom. The molecule has 0 atom stereocenters. The van der Waals surface area contributed by atoms with Crippen molar-refractivity contribution in [3.63, 3.8) is 0 Å². The van der Waals surface area contributed by atoms with Gasteiger partial charge in [0.1, 0.15) is 4.88 Å². The largest absolute Gasteiger partial charge is 0.378 e. The molecule has 1 saturated heterocycles. The molecule has 1 spiro atoms. The minimum Gasteiger partial charge on any atom is -0.378 e. The Morgan fingerprint density at radius 1 is 1.06 bits per heavy atom. The second kappa shape index (κ2) is 8.65. The summed E-state index contributed by atoms with van der Waals surface area (Å²) in [4.78, 5) is 31.0. The molecule has 6 nitrogen and oxygen atoms in total. The zero-order valence-corrected chi connectivity index (χ0v) is 20.4. The summed E-state index contributed by atoms with van der Waals surface area (Å²) in [7, 11) is 0. The Morgan fingerprint density at radius 2 is 1.91 bits per heavy atom. The molecule has 3 N–H and O–H groups in total. The van der Waals surface area contributed by atoms with Crippen molar-refractivity contribution in [2.75, 3.05) is 27.5 Å². The number of nitrogens with zero attached hydrogens (tertiary/aromatic N) is 1. The summed E-state index contributed by atoms with van der Waals surface area (Å²) in [5.74, 6) is 1.71. The van der Waals surface area contributed by atoms with Crippen molar-refractivity contribution in [3.8, 4) is 0 Å². The van der Waals surface area contributed by atoms with E-state index in [1.54, 1.807) is 23.5 Å². The van der Waals surface area contributed by atoms with Crippen LogP contribution < -0.4 is 16.0 Å². The first-order valence-corrected chi connectivity index (χ1v) is 13.7. The summed E-state index contributed by atoms with van der Waals surface area (Å²) >= 11 is 4.71. The summed E-state index contributed by atoms with van der Waals surface area (Å²) in [5.41, 5.74) is 5.08. The molecule has 4 heterocycles. The number of carbonyl (C=O) groups excluding carboxylic acids is 2. The van der Waals surface area contributed by atoms with E-state index in [9.17, 15) is 9.59 Å². The summed E-state index contributed by atoms with van der Waals surface area (Å²) in [6.45, 7) is 0.519. The second-order valence-electron chi connectivity index (χ2n) is 7.99. The molecular formula is C25H20N4O2S3. The highest BCUT2D eigenvalue weighted by molar-refractivity contribution is 8.21. The van der Waals surface area contributed by atoms with Crippen LogP contribution in [0.25, 0.3) is 10.9 Å². The van der Waals surface area contributed by atoms with Crippen LogP contribution in [-0.4, -0.2) is 28.3 Å². The lowest BCUT2D eigenvalue weighted by Gasteiger charge is -2.19. The van der Waals surface area contributed by atoms with E-state index in [0.717, 1.165) is 45.0 Å². The number of fused-ring (bicyclic) bond motifs is 3. The van der Waals surface area contributed by atoms with Gasteiger partial charge in [-0.15, -0.1) is 34.9 Å². The smallest absolute Gasteiger partial charge is 0.267 e. The Labute approximate surface area is 208 Å². The molecule has 0 radical (unpaired) electrons. The molecule has 34 heavy (non-hydrogen) atoms. The Balaban J connectivity index is 1.18. The first-order chi connectivity index (χ1) is 16.6. The van der Waals surface area contributed by atoms with Gasteiger partial charge in [0.2, 0.25) is 0 Å². The van der Waals surface area contributed by atoms with Crippen molar-refractivity contribution >= 4 is 74.6 Å². The molecule has 6 rings (SSSR count). The Bertz CT molecular complexity index is 1430. The van der Waals surface area contributed by atoms with Gasteiger partial charge in [0, 0.05) is 33.8 Å². The van der Waals surface area contributed by atoms with Crippen molar-refractivity contribution in [1.82, 2.24) is 4.98 Å². The van der Waals surface area contributed by atoms with Gasteiger partial charge in [-0.05, 0) is 41.8 Å². The first kappa shape index (κ1) is 21.5. The summed E-state index contributed by atoms with van der Waals surface area (Å²) in [6.07, 6.45) is 0. The van der Waals surface area contributed by atoms with Gasteiger partial charge in [0.05, 0.1) is 23.4 Å². The number of rotatable bonds is 5. The number of anilines is 3. The third kappa shape index (κ3) is 3.73. The van der Waals surface area contributed by atoms with Gasteiger partial charge in [-0.3, -0.25) is 14.6 Å². The molecule has 0 aliphatic carbocycles. The highest BCUT2D eigenvalue weighted by Gasteiger charge is 2.50. The lowest BCUT2D eigenvalue weighted by atomic mass is 10.1. The zero-order chi connectivity index (χ0) is 23.1. The number of amides is 2. The standard InChI is InChI=1S/C25H20N4O2S3/c30-23(28-16-7-8-20-18(13-16)25(24(31)29-20)33-11-12-34-25)22-21(9-10-32-22)26-14-17-6-5-15-3-1-2-4-19(15)27-17/h1-10,13,26H,11-12,14H2,(H,28,30)(H,29,31). The third-order valence-corrected chi connectivity index (χ3v) is 10.2. The van der Waals surface area contributed by atoms with Crippen LogP contribution in [0, 0.1) is 0 Å². The van der Waals surface area contributed by atoms with Gasteiger partial charge in [0.25, 0.3) is 11.8 Å². The fourth-order valence-electron chi connectivity index (χ4n) is 4.23. The van der Waals surface area contributed by atoms with Crippen molar-refractivity contribution in [2.45, 2.75) is 10.6 Å². The van der Waals surface area contributed by atoms with Gasteiger partial charge in [-0.2, -0.15) is 0 Å². The molecule has 4 aromatic rings. The Kier molecular flexibility index (Phi) is 5.47. The fraction of sp³-hybridized carbons (Fsp3) is 0.160. The quantitative estimate of drug-likeness (QED) is 0.321. The summed E-state index contributed by atoms with van der Waals surface area (Å²) in [6, 6.07) is 19.6. The molecule has 2 aromatic carbocycles. The van der Waals surface area contributed by atoms with Gasteiger partial charge >= 0.3 is 0 Å². The van der Waals surface area contributed by atoms with E-state index in [0.29, 0.717) is 17.1 Å². The van der Waals surface area contributed by atoms with Crippen LogP contribution in [0.15, 0.2) is 66.0 Å². The molecule has 9 heteroatoms. The van der Waals surface area contributed by atoms with Crippen molar-refractivity contribution in [1.29, 1.82) is 0 Å². The lowest BCUT2D eigenvalue weighted by Crippen LogP contribution is -2.24. The molecule has 2 amide bonds. The first-order valence-electron chi connectivity index (χ1n) is 10.8.